The van der Waals surface area contributed by atoms with Crippen molar-refractivity contribution in [2.24, 2.45) is 0 Å². The van der Waals surface area contributed by atoms with Crippen LogP contribution in [0.25, 0.3) is 0 Å². The number of hydrogen-bond acceptors (Lipinski definition) is 6. The number of carbonyl (C=O) groups is 1. The molecule has 35 heavy (non-hydrogen) atoms. The van der Waals surface area contributed by atoms with Gasteiger partial charge >= 0.3 is 0 Å². The zero-order valence-electron chi connectivity index (χ0n) is 18.9. The fourth-order valence-electron chi connectivity index (χ4n) is 3.87. The number of halogens is 2. The van der Waals surface area contributed by atoms with E-state index in [0.29, 0.717) is 33.2 Å². The molecule has 0 unspecified atom stereocenters. The Morgan fingerprint density at radius 3 is 2.83 bits per heavy atom. The molecular formula is C26H23Cl2N3O3S. The first-order chi connectivity index (χ1) is 16.5. The molecule has 2 aromatic carbocycles. The first-order valence-corrected chi connectivity index (χ1v) is 12.1. The van der Waals surface area contributed by atoms with E-state index in [2.05, 4.69) is 27.4 Å². The van der Waals surface area contributed by atoms with Gasteiger partial charge in [-0.15, -0.1) is 12.4 Å². The molecule has 4 aromatic rings. The number of aromatic nitrogens is 2. The molecule has 1 atom stereocenters. The molecule has 1 amide bonds. The van der Waals surface area contributed by atoms with Crippen molar-refractivity contribution in [1.82, 2.24) is 15.3 Å². The lowest BCUT2D eigenvalue weighted by atomic mass is 9.97. The molecule has 1 aliphatic rings. The summed E-state index contributed by atoms with van der Waals surface area (Å²) >= 11 is 7.13. The maximum atomic E-state index is 12.7. The Hall–Kier alpha value is -3.13. The van der Waals surface area contributed by atoms with Gasteiger partial charge in [-0.3, -0.25) is 4.79 Å². The second-order valence-corrected chi connectivity index (χ2v) is 9.34. The Morgan fingerprint density at radius 2 is 2.03 bits per heavy atom. The van der Waals surface area contributed by atoms with E-state index in [1.165, 1.54) is 16.9 Å². The fourth-order valence-corrected chi connectivity index (χ4v) is 4.92. The van der Waals surface area contributed by atoms with Crippen LogP contribution in [-0.4, -0.2) is 15.9 Å². The first kappa shape index (κ1) is 25.0. The van der Waals surface area contributed by atoms with Crippen molar-refractivity contribution < 1.29 is 14.3 Å². The molecule has 6 nitrogen and oxygen atoms in total. The second kappa shape index (κ2) is 11.1. The SMILES string of the molecule is Cc1nc(Oc2ccc3c(c2)CC[C@@H](c2ccccc2)O3)sc1C(=O)NCc1ccnc(Cl)c1.Cl. The first-order valence-electron chi connectivity index (χ1n) is 10.9. The van der Waals surface area contributed by atoms with E-state index in [1.807, 2.05) is 42.5 Å². The van der Waals surface area contributed by atoms with Crippen molar-refractivity contribution in [1.29, 1.82) is 0 Å². The van der Waals surface area contributed by atoms with E-state index >= 15 is 0 Å². The van der Waals surface area contributed by atoms with Crippen molar-refractivity contribution in [3.8, 4) is 16.7 Å². The van der Waals surface area contributed by atoms with E-state index in [4.69, 9.17) is 21.1 Å². The molecule has 1 aliphatic heterocycles. The molecule has 1 N–H and O–H groups in total. The van der Waals surface area contributed by atoms with E-state index in [9.17, 15) is 4.79 Å². The van der Waals surface area contributed by atoms with Crippen molar-refractivity contribution in [3.05, 3.63) is 99.3 Å². The van der Waals surface area contributed by atoms with Crippen LogP contribution in [0, 0.1) is 6.92 Å². The van der Waals surface area contributed by atoms with Crippen molar-refractivity contribution in [2.45, 2.75) is 32.4 Å². The minimum absolute atomic E-state index is 0. The zero-order chi connectivity index (χ0) is 23.5. The Balaban J connectivity index is 0.00000289. The highest BCUT2D eigenvalue weighted by atomic mass is 35.5. The number of nitrogens with one attached hydrogen (secondary N) is 1. The summed E-state index contributed by atoms with van der Waals surface area (Å²) < 4.78 is 12.2. The minimum Gasteiger partial charge on any atom is -0.485 e. The van der Waals surface area contributed by atoms with Gasteiger partial charge in [-0.1, -0.05) is 53.3 Å². The molecule has 0 spiro atoms. The van der Waals surface area contributed by atoms with Crippen LogP contribution in [0.1, 0.15) is 44.6 Å². The minimum atomic E-state index is -0.205. The van der Waals surface area contributed by atoms with Gasteiger partial charge in [0.05, 0.1) is 5.69 Å². The van der Waals surface area contributed by atoms with Crippen LogP contribution in [0.15, 0.2) is 66.9 Å². The van der Waals surface area contributed by atoms with E-state index in [-0.39, 0.29) is 24.4 Å². The third kappa shape index (κ3) is 5.93. The summed E-state index contributed by atoms with van der Waals surface area (Å²) in [5, 5.41) is 3.71. The summed E-state index contributed by atoms with van der Waals surface area (Å²) in [6, 6.07) is 19.6. The lowest BCUT2D eigenvalue weighted by molar-refractivity contribution is 0.0954. The maximum absolute atomic E-state index is 12.7. The number of benzene rings is 2. The molecule has 0 aliphatic carbocycles. The number of aryl methyl sites for hydroxylation is 2. The fraction of sp³-hybridized carbons (Fsp3) is 0.192. The van der Waals surface area contributed by atoms with Gasteiger partial charge in [-0.25, -0.2) is 9.97 Å². The van der Waals surface area contributed by atoms with Gasteiger partial charge in [0, 0.05) is 12.7 Å². The van der Waals surface area contributed by atoms with Gasteiger partial charge in [0.2, 0.25) is 0 Å². The zero-order valence-corrected chi connectivity index (χ0v) is 21.3. The van der Waals surface area contributed by atoms with Crippen molar-refractivity contribution in [2.75, 3.05) is 0 Å². The van der Waals surface area contributed by atoms with Gasteiger partial charge in [-0.2, -0.15) is 0 Å². The van der Waals surface area contributed by atoms with Gasteiger partial charge in [0.25, 0.3) is 11.1 Å². The van der Waals surface area contributed by atoms with Gasteiger partial charge in [0.15, 0.2) is 0 Å². The highest BCUT2D eigenvalue weighted by molar-refractivity contribution is 7.15. The molecule has 0 saturated carbocycles. The molecule has 5 rings (SSSR count). The standard InChI is InChI=1S/C26H22ClN3O3S.ClH/c1-16-24(25(31)29-15-17-11-12-28-23(27)13-17)34-26(30-16)32-20-8-10-22-19(14-20)7-9-21(33-22)18-5-3-2-4-6-18;/h2-6,8,10-14,21H,7,9,15H2,1H3,(H,29,31);1H/t21-;/m0./s1. The van der Waals surface area contributed by atoms with Crippen LogP contribution >= 0.6 is 35.3 Å². The van der Waals surface area contributed by atoms with Gasteiger partial charge < -0.3 is 14.8 Å². The Kier molecular flexibility index (Phi) is 7.90. The number of pyridine rings is 1. The van der Waals surface area contributed by atoms with Crippen LogP contribution in [-0.2, 0) is 13.0 Å². The normalized spacial score (nSPS) is 14.3. The predicted octanol–water partition coefficient (Wildman–Crippen LogP) is 6.71. The summed E-state index contributed by atoms with van der Waals surface area (Å²) in [6.07, 6.45) is 3.48. The van der Waals surface area contributed by atoms with Crippen LogP contribution in [0.5, 0.6) is 16.7 Å². The quantitative estimate of drug-likeness (QED) is 0.282. The summed E-state index contributed by atoms with van der Waals surface area (Å²) in [6.45, 7) is 2.15. The number of thiazole rings is 1. The van der Waals surface area contributed by atoms with Crippen LogP contribution < -0.4 is 14.8 Å². The molecule has 3 heterocycles. The highest BCUT2D eigenvalue weighted by Crippen LogP contribution is 2.38. The smallest absolute Gasteiger partial charge is 0.279 e. The topological polar surface area (TPSA) is 73.3 Å². The predicted molar refractivity (Wildman–Crippen MR) is 139 cm³/mol. The Bertz CT molecular complexity index is 1330. The van der Waals surface area contributed by atoms with Crippen LogP contribution in [0.2, 0.25) is 5.15 Å². The third-order valence-corrected chi connectivity index (χ3v) is 6.82. The lowest BCUT2D eigenvalue weighted by Crippen LogP contribution is -2.22. The molecular weight excluding hydrogens is 505 g/mol. The van der Waals surface area contributed by atoms with Crippen LogP contribution in [0.4, 0.5) is 0 Å². The highest BCUT2D eigenvalue weighted by Gasteiger charge is 2.22. The molecule has 180 valence electrons. The number of ether oxygens (including phenoxy) is 2. The molecule has 0 bridgehead atoms. The van der Waals surface area contributed by atoms with Gasteiger partial charge in [0.1, 0.15) is 27.6 Å². The number of nitrogens with zero attached hydrogens (tertiary/aromatic N) is 2. The number of carbonyl (C=O) groups excluding carboxylic acids is 1. The van der Waals surface area contributed by atoms with E-state index in [1.54, 1.807) is 19.2 Å². The number of fused-ring (bicyclic) bond motifs is 1. The molecule has 0 radical (unpaired) electrons. The average Bonchev–Trinajstić information content (AvgIpc) is 3.22. The number of hydrogen-bond donors (Lipinski definition) is 1. The van der Waals surface area contributed by atoms with Gasteiger partial charge in [-0.05, 0) is 66.8 Å². The Morgan fingerprint density at radius 1 is 1.20 bits per heavy atom. The monoisotopic (exact) mass is 527 g/mol. The van der Waals surface area contributed by atoms with Crippen LogP contribution in [0.3, 0.4) is 0 Å². The summed E-state index contributed by atoms with van der Waals surface area (Å²) in [5.41, 5.74) is 3.78. The average molecular weight is 528 g/mol. The largest absolute Gasteiger partial charge is 0.485 e. The van der Waals surface area contributed by atoms with E-state index < -0.39 is 0 Å². The molecule has 2 aromatic heterocycles. The van der Waals surface area contributed by atoms with Crippen molar-refractivity contribution in [3.63, 3.8) is 0 Å². The lowest BCUT2D eigenvalue weighted by Gasteiger charge is -2.26. The molecule has 9 heteroatoms. The van der Waals surface area contributed by atoms with Crippen molar-refractivity contribution >= 4 is 41.3 Å². The number of rotatable bonds is 6. The van der Waals surface area contributed by atoms with E-state index in [0.717, 1.165) is 29.7 Å². The third-order valence-electron chi connectivity index (χ3n) is 5.58. The summed E-state index contributed by atoms with van der Waals surface area (Å²) in [4.78, 5) is 21.6. The maximum Gasteiger partial charge on any atom is 0.279 e. The molecule has 0 saturated heterocycles. The number of amides is 1. The second-order valence-electron chi connectivity index (χ2n) is 7.99. The summed E-state index contributed by atoms with van der Waals surface area (Å²) in [7, 11) is 0. The Labute approximate surface area is 218 Å². The molecule has 0 fully saturated rings. The summed E-state index contributed by atoms with van der Waals surface area (Å²) in [5.74, 6) is 1.34.